The van der Waals surface area contributed by atoms with Crippen molar-refractivity contribution in [1.82, 2.24) is 15.0 Å². The molecule has 0 aliphatic rings. The lowest BCUT2D eigenvalue weighted by Gasteiger charge is -2.05. The average Bonchev–Trinajstić information content (AvgIpc) is 2.83. The fourth-order valence-electron chi connectivity index (χ4n) is 1.63. The minimum absolute atomic E-state index is 0.0212. The van der Waals surface area contributed by atoms with E-state index in [1.54, 1.807) is 12.1 Å². The third-order valence-electron chi connectivity index (χ3n) is 2.61. The number of methoxy groups -OCH3 is 1. The molecule has 0 atom stereocenters. The summed E-state index contributed by atoms with van der Waals surface area (Å²) >= 11 is 0. The number of aromatic nitrogens is 3. The van der Waals surface area contributed by atoms with Gasteiger partial charge in [0, 0.05) is 0 Å². The molecule has 0 saturated carbocycles. The molecule has 2 aromatic rings. The third kappa shape index (κ3) is 2.76. The highest BCUT2D eigenvalue weighted by Gasteiger charge is 2.19. The van der Waals surface area contributed by atoms with Crippen molar-refractivity contribution in [2.75, 3.05) is 7.11 Å². The molecule has 7 heteroatoms. The van der Waals surface area contributed by atoms with Crippen LogP contribution in [0.3, 0.4) is 0 Å². The second-order valence-electron chi connectivity index (χ2n) is 3.82. The Balaban J connectivity index is 2.28. The van der Waals surface area contributed by atoms with Crippen LogP contribution in [0.2, 0.25) is 0 Å². The van der Waals surface area contributed by atoms with Crippen molar-refractivity contribution in [3.05, 3.63) is 47.0 Å². The van der Waals surface area contributed by atoms with Gasteiger partial charge in [0.1, 0.15) is 5.82 Å². The van der Waals surface area contributed by atoms with E-state index in [0.717, 1.165) is 5.56 Å². The Kier molecular flexibility index (Phi) is 3.86. The van der Waals surface area contributed by atoms with E-state index < -0.39 is 12.6 Å². The number of carbonyl (C=O) groups excluding carboxylic acids is 1. The van der Waals surface area contributed by atoms with Gasteiger partial charge >= 0.3 is 5.97 Å². The first-order valence-corrected chi connectivity index (χ1v) is 5.51. The smallest absolute Gasteiger partial charge is 0.360 e. The zero-order valence-electron chi connectivity index (χ0n) is 10.2. The van der Waals surface area contributed by atoms with Gasteiger partial charge in [-0.3, -0.25) is 0 Å². The molecule has 0 bridgehead atoms. The van der Waals surface area contributed by atoms with Crippen LogP contribution in [0.5, 0.6) is 0 Å². The largest absolute Gasteiger partial charge is 0.464 e. The first kappa shape index (κ1) is 13.2. The molecule has 0 aliphatic heterocycles. The number of rotatable bonds is 4. The van der Waals surface area contributed by atoms with Crippen LogP contribution in [0.4, 0.5) is 4.39 Å². The van der Waals surface area contributed by atoms with Gasteiger partial charge in [0.25, 0.3) is 0 Å². The normalized spacial score (nSPS) is 10.5. The first-order valence-electron chi connectivity index (χ1n) is 5.51. The first-order chi connectivity index (χ1) is 9.15. The Morgan fingerprint density at radius 1 is 1.42 bits per heavy atom. The number of aliphatic hydroxyl groups is 1. The monoisotopic (exact) mass is 265 g/mol. The standard InChI is InChI=1S/C12H12FN3O3/c1-19-12(18)11-10(7-17)16(15-14-11)6-8-2-4-9(13)5-3-8/h2-5,17H,6-7H2,1H3. The quantitative estimate of drug-likeness (QED) is 0.825. The zero-order valence-corrected chi connectivity index (χ0v) is 10.2. The highest BCUT2D eigenvalue weighted by atomic mass is 19.1. The number of ether oxygens (including phenoxy) is 1. The fourth-order valence-corrected chi connectivity index (χ4v) is 1.63. The highest BCUT2D eigenvalue weighted by Crippen LogP contribution is 2.10. The minimum atomic E-state index is -0.658. The highest BCUT2D eigenvalue weighted by molar-refractivity contribution is 5.88. The number of esters is 1. The Bertz CT molecular complexity index is 580. The molecule has 0 unspecified atom stereocenters. The van der Waals surface area contributed by atoms with Crippen molar-refractivity contribution in [1.29, 1.82) is 0 Å². The van der Waals surface area contributed by atoms with E-state index in [1.165, 1.54) is 23.9 Å². The van der Waals surface area contributed by atoms with Crippen LogP contribution >= 0.6 is 0 Å². The molecular formula is C12H12FN3O3. The van der Waals surface area contributed by atoms with Crippen LogP contribution in [-0.4, -0.2) is 33.2 Å². The van der Waals surface area contributed by atoms with Crippen molar-refractivity contribution in [2.24, 2.45) is 0 Å². The lowest BCUT2D eigenvalue weighted by Crippen LogP contribution is -2.10. The maximum Gasteiger partial charge on any atom is 0.360 e. The van der Waals surface area contributed by atoms with E-state index in [9.17, 15) is 14.3 Å². The SMILES string of the molecule is COC(=O)c1nnn(Cc2ccc(F)cc2)c1CO. The number of hydrogen-bond donors (Lipinski definition) is 1. The van der Waals surface area contributed by atoms with E-state index in [4.69, 9.17) is 0 Å². The van der Waals surface area contributed by atoms with Crippen LogP contribution in [0.25, 0.3) is 0 Å². The van der Waals surface area contributed by atoms with E-state index >= 15 is 0 Å². The molecule has 0 saturated heterocycles. The molecule has 0 fully saturated rings. The molecule has 2 rings (SSSR count). The average molecular weight is 265 g/mol. The summed E-state index contributed by atoms with van der Waals surface area (Å²) in [5, 5.41) is 16.7. The van der Waals surface area contributed by atoms with Gasteiger partial charge in [-0.2, -0.15) is 0 Å². The number of benzene rings is 1. The Morgan fingerprint density at radius 3 is 2.68 bits per heavy atom. The van der Waals surface area contributed by atoms with E-state index in [2.05, 4.69) is 15.0 Å². The van der Waals surface area contributed by atoms with E-state index in [0.29, 0.717) is 0 Å². The van der Waals surface area contributed by atoms with Gasteiger partial charge in [0.15, 0.2) is 5.69 Å². The summed E-state index contributed by atoms with van der Waals surface area (Å²) in [5.74, 6) is -0.991. The van der Waals surface area contributed by atoms with Crippen molar-refractivity contribution < 1.29 is 19.0 Å². The predicted molar refractivity (Wildman–Crippen MR) is 62.8 cm³/mol. The van der Waals surface area contributed by atoms with Crippen molar-refractivity contribution in [2.45, 2.75) is 13.2 Å². The number of nitrogens with zero attached hydrogens (tertiary/aromatic N) is 3. The number of aliphatic hydroxyl groups excluding tert-OH is 1. The molecule has 0 amide bonds. The second-order valence-corrected chi connectivity index (χ2v) is 3.82. The molecule has 1 heterocycles. The van der Waals surface area contributed by atoms with Gasteiger partial charge in [-0.1, -0.05) is 17.3 Å². The summed E-state index contributed by atoms with van der Waals surface area (Å²) in [6.45, 7) is -0.112. The van der Waals surface area contributed by atoms with Crippen LogP contribution < -0.4 is 0 Å². The summed E-state index contributed by atoms with van der Waals surface area (Å²) in [6, 6.07) is 5.84. The van der Waals surface area contributed by atoms with Crippen LogP contribution in [0.1, 0.15) is 21.7 Å². The van der Waals surface area contributed by atoms with Crippen LogP contribution in [0.15, 0.2) is 24.3 Å². The zero-order chi connectivity index (χ0) is 13.8. The van der Waals surface area contributed by atoms with Crippen molar-refractivity contribution >= 4 is 5.97 Å². The maximum atomic E-state index is 12.8. The van der Waals surface area contributed by atoms with Gasteiger partial charge in [-0.05, 0) is 17.7 Å². The predicted octanol–water partition coefficient (Wildman–Crippen LogP) is 0.744. The molecule has 1 aromatic carbocycles. The summed E-state index contributed by atoms with van der Waals surface area (Å²) in [7, 11) is 1.22. The fraction of sp³-hybridized carbons (Fsp3) is 0.250. The topological polar surface area (TPSA) is 77.2 Å². The molecule has 19 heavy (non-hydrogen) atoms. The van der Waals surface area contributed by atoms with Crippen LogP contribution in [0, 0.1) is 5.82 Å². The van der Waals surface area contributed by atoms with E-state index in [1.807, 2.05) is 0 Å². The van der Waals surface area contributed by atoms with Crippen LogP contribution in [-0.2, 0) is 17.9 Å². The number of carbonyl (C=O) groups is 1. The molecular weight excluding hydrogens is 253 g/mol. The molecule has 0 aliphatic carbocycles. The summed E-state index contributed by atoms with van der Waals surface area (Å²) < 4.78 is 18.7. The Hall–Kier alpha value is -2.28. The Morgan fingerprint density at radius 2 is 2.11 bits per heavy atom. The van der Waals surface area contributed by atoms with Gasteiger partial charge in [0.2, 0.25) is 0 Å². The van der Waals surface area contributed by atoms with Gasteiger partial charge < -0.3 is 9.84 Å². The van der Waals surface area contributed by atoms with Crippen molar-refractivity contribution in [3.8, 4) is 0 Å². The van der Waals surface area contributed by atoms with Gasteiger partial charge in [-0.25, -0.2) is 13.9 Å². The number of hydrogen-bond acceptors (Lipinski definition) is 5. The molecule has 100 valence electrons. The maximum absolute atomic E-state index is 12.8. The Labute approximate surface area is 108 Å². The van der Waals surface area contributed by atoms with Crippen molar-refractivity contribution in [3.63, 3.8) is 0 Å². The molecule has 0 spiro atoms. The summed E-state index contributed by atoms with van der Waals surface area (Å²) in [4.78, 5) is 11.4. The van der Waals surface area contributed by atoms with Gasteiger partial charge in [0.05, 0.1) is 26.0 Å². The van der Waals surface area contributed by atoms with Gasteiger partial charge in [-0.15, -0.1) is 5.10 Å². The lowest BCUT2D eigenvalue weighted by atomic mass is 10.2. The summed E-state index contributed by atoms with van der Waals surface area (Å²) in [6.07, 6.45) is 0. The summed E-state index contributed by atoms with van der Waals surface area (Å²) in [5.41, 5.74) is 1.01. The third-order valence-corrected chi connectivity index (χ3v) is 2.61. The second kappa shape index (κ2) is 5.57. The molecule has 1 aromatic heterocycles. The minimum Gasteiger partial charge on any atom is -0.464 e. The molecule has 0 radical (unpaired) electrons. The molecule has 6 nitrogen and oxygen atoms in total. The molecule has 1 N–H and O–H groups in total. The lowest BCUT2D eigenvalue weighted by molar-refractivity contribution is 0.0590. The number of halogens is 1. The van der Waals surface area contributed by atoms with E-state index in [-0.39, 0.29) is 23.7 Å².